The molecule has 6 heteroatoms. The van der Waals surface area contributed by atoms with Crippen LogP contribution in [-0.2, 0) is 0 Å². The zero-order valence-corrected chi connectivity index (χ0v) is 14.7. The second-order valence-electron chi connectivity index (χ2n) is 5.96. The van der Waals surface area contributed by atoms with Crippen LogP contribution in [0.5, 0.6) is 5.75 Å². The van der Waals surface area contributed by atoms with Crippen LogP contribution in [0.15, 0.2) is 78.9 Å². The van der Waals surface area contributed by atoms with Gasteiger partial charge in [0.1, 0.15) is 5.75 Å². The molecule has 0 saturated carbocycles. The molecular formula is C22H16F2N2O2. The molecule has 0 aliphatic rings. The van der Waals surface area contributed by atoms with Crippen LogP contribution in [0.4, 0.5) is 8.78 Å². The molecule has 0 bridgehead atoms. The molecule has 3 aromatic rings. The monoisotopic (exact) mass is 378 g/mol. The van der Waals surface area contributed by atoms with Crippen molar-refractivity contribution in [2.24, 2.45) is 0 Å². The molecule has 3 aromatic carbocycles. The smallest absolute Gasteiger partial charge is 0.387 e. The van der Waals surface area contributed by atoms with E-state index in [1.54, 1.807) is 30.3 Å². The van der Waals surface area contributed by atoms with Crippen molar-refractivity contribution >= 4 is 5.91 Å². The normalized spacial score (nSPS) is 11.5. The Balaban J connectivity index is 1.89. The summed E-state index contributed by atoms with van der Waals surface area (Å²) in [6.45, 7) is -2.90. The Labute approximate surface area is 161 Å². The van der Waals surface area contributed by atoms with E-state index in [2.05, 4.69) is 10.1 Å². The number of carbonyl (C=O) groups excluding carboxylic acids is 1. The fraction of sp³-hybridized carbons (Fsp3) is 0.0909. The van der Waals surface area contributed by atoms with Crippen LogP contribution < -0.4 is 10.1 Å². The van der Waals surface area contributed by atoms with Crippen LogP contribution in [0.2, 0.25) is 0 Å². The molecule has 0 fully saturated rings. The van der Waals surface area contributed by atoms with Crippen molar-refractivity contribution in [3.05, 3.63) is 101 Å². The van der Waals surface area contributed by atoms with E-state index in [4.69, 9.17) is 5.26 Å². The highest BCUT2D eigenvalue weighted by molar-refractivity contribution is 5.95. The lowest BCUT2D eigenvalue weighted by Crippen LogP contribution is -2.29. The molecule has 3 rings (SSSR count). The summed E-state index contributed by atoms with van der Waals surface area (Å²) in [6.07, 6.45) is 0. The number of alkyl halides is 2. The van der Waals surface area contributed by atoms with E-state index >= 15 is 0 Å². The Morgan fingerprint density at radius 3 is 2.25 bits per heavy atom. The molecule has 0 radical (unpaired) electrons. The highest BCUT2D eigenvalue weighted by atomic mass is 19.3. The number of hydrogen-bond acceptors (Lipinski definition) is 3. The van der Waals surface area contributed by atoms with Gasteiger partial charge in [-0.05, 0) is 41.5 Å². The number of amides is 1. The van der Waals surface area contributed by atoms with Crippen LogP contribution in [0.1, 0.15) is 33.1 Å². The second kappa shape index (κ2) is 8.78. The summed E-state index contributed by atoms with van der Waals surface area (Å²) in [7, 11) is 0. The molecule has 140 valence electrons. The van der Waals surface area contributed by atoms with E-state index in [0.29, 0.717) is 16.7 Å². The highest BCUT2D eigenvalue weighted by Crippen LogP contribution is 2.25. The quantitative estimate of drug-likeness (QED) is 0.677. The van der Waals surface area contributed by atoms with Crippen LogP contribution in [-0.4, -0.2) is 12.5 Å². The summed E-state index contributed by atoms with van der Waals surface area (Å²) in [5, 5.41) is 12.0. The number of nitrogens with zero attached hydrogens (tertiary/aromatic N) is 1. The van der Waals surface area contributed by atoms with Crippen molar-refractivity contribution in [2.75, 3.05) is 0 Å². The zero-order valence-electron chi connectivity index (χ0n) is 14.7. The van der Waals surface area contributed by atoms with Crippen molar-refractivity contribution in [1.29, 1.82) is 5.26 Å². The first-order valence-corrected chi connectivity index (χ1v) is 8.47. The van der Waals surface area contributed by atoms with Gasteiger partial charge < -0.3 is 10.1 Å². The van der Waals surface area contributed by atoms with Crippen molar-refractivity contribution < 1.29 is 18.3 Å². The van der Waals surface area contributed by atoms with Gasteiger partial charge in [0.2, 0.25) is 0 Å². The third-order valence-electron chi connectivity index (χ3n) is 4.10. The first kappa shape index (κ1) is 19.1. The summed E-state index contributed by atoms with van der Waals surface area (Å²) < 4.78 is 29.1. The summed E-state index contributed by atoms with van der Waals surface area (Å²) in [6, 6.07) is 23.3. The average Bonchev–Trinajstić information content (AvgIpc) is 2.73. The zero-order chi connectivity index (χ0) is 19.9. The minimum atomic E-state index is -2.90. The Hall–Kier alpha value is -3.72. The van der Waals surface area contributed by atoms with Gasteiger partial charge in [-0.15, -0.1) is 0 Å². The topological polar surface area (TPSA) is 62.1 Å². The highest BCUT2D eigenvalue weighted by Gasteiger charge is 2.18. The Kier molecular flexibility index (Phi) is 5.97. The summed E-state index contributed by atoms with van der Waals surface area (Å²) in [4.78, 5) is 12.7. The average molecular weight is 378 g/mol. The van der Waals surface area contributed by atoms with E-state index in [1.165, 1.54) is 18.2 Å². The fourth-order valence-electron chi connectivity index (χ4n) is 2.79. The molecule has 28 heavy (non-hydrogen) atoms. The van der Waals surface area contributed by atoms with Crippen LogP contribution in [0.25, 0.3) is 0 Å². The number of ether oxygens (including phenoxy) is 1. The van der Waals surface area contributed by atoms with Gasteiger partial charge >= 0.3 is 6.61 Å². The van der Waals surface area contributed by atoms with Gasteiger partial charge in [-0.25, -0.2) is 0 Å². The van der Waals surface area contributed by atoms with E-state index in [9.17, 15) is 13.6 Å². The number of carbonyl (C=O) groups is 1. The van der Waals surface area contributed by atoms with Gasteiger partial charge in [0.05, 0.1) is 17.7 Å². The van der Waals surface area contributed by atoms with Crippen molar-refractivity contribution in [1.82, 2.24) is 5.32 Å². The summed E-state index contributed by atoms with van der Waals surface area (Å²) >= 11 is 0. The number of nitrogens with one attached hydrogen (secondary N) is 1. The number of halogens is 2. The van der Waals surface area contributed by atoms with E-state index < -0.39 is 12.7 Å². The molecule has 0 spiro atoms. The van der Waals surface area contributed by atoms with Crippen LogP contribution in [0, 0.1) is 11.3 Å². The van der Waals surface area contributed by atoms with Gasteiger partial charge in [0.25, 0.3) is 5.91 Å². The van der Waals surface area contributed by atoms with Crippen molar-refractivity contribution in [3.63, 3.8) is 0 Å². The first-order chi connectivity index (χ1) is 13.6. The van der Waals surface area contributed by atoms with Gasteiger partial charge in [-0.3, -0.25) is 4.79 Å². The number of rotatable bonds is 6. The lowest BCUT2D eigenvalue weighted by Gasteiger charge is -2.20. The van der Waals surface area contributed by atoms with Crippen molar-refractivity contribution in [2.45, 2.75) is 12.7 Å². The molecule has 0 aliphatic heterocycles. The number of hydrogen-bond donors (Lipinski definition) is 1. The molecule has 1 atom stereocenters. The Bertz CT molecular complexity index is 983. The second-order valence-corrected chi connectivity index (χ2v) is 5.96. The first-order valence-electron chi connectivity index (χ1n) is 8.47. The van der Waals surface area contributed by atoms with E-state index in [-0.39, 0.29) is 11.7 Å². The molecule has 4 nitrogen and oxygen atoms in total. The maximum absolute atomic E-state index is 12.7. The molecule has 0 saturated heterocycles. The lowest BCUT2D eigenvalue weighted by molar-refractivity contribution is -0.0498. The Morgan fingerprint density at radius 2 is 1.61 bits per heavy atom. The van der Waals surface area contributed by atoms with Crippen LogP contribution in [0.3, 0.4) is 0 Å². The molecule has 1 N–H and O–H groups in total. The SMILES string of the molecule is N#Cc1cccc(C(=O)N[C@@H](c2ccccc2)c2ccc(OC(F)F)cc2)c1. The van der Waals surface area contributed by atoms with E-state index in [0.717, 1.165) is 5.56 Å². The van der Waals surface area contributed by atoms with Gasteiger partial charge in [-0.1, -0.05) is 48.5 Å². The molecule has 0 unspecified atom stereocenters. The number of nitriles is 1. The third-order valence-corrected chi connectivity index (χ3v) is 4.10. The third kappa shape index (κ3) is 4.71. The number of benzene rings is 3. The summed E-state index contributed by atoms with van der Waals surface area (Å²) in [5.74, 6) is -0.308. The van der Waals surface area contributed by atoms with Gasteiger partial charge in [0.15, 0.2) is 0 Å². The standard InChI is InChI=1S/C22H16F2N2O2/c23-22(24)28-19-11-9-17(10-12-19)20(16-6-2-1-3-7-16)26-21(27)18-8-4-5-15(13-18)14-25/h1-13,20,22H,(H,26,27)/t20-/m0/s1. The minimum absolute atomic E-state index is 0.0404. The largest absolute Gasteiger partial charge is 0.435 e. The maximum Gasteiger partial charge on any atom is 0.387 e. The Morgan fingerprint density at radius 1 is 0.929 bits per heavy atom. The molecular weight excluding hydrogens is 362 g/mol. The molecule has 1 amide bonds. The predicted molar refractivity (Wildman–Crippen MR) is 100.0 cm³/mol. The molecule has 0 aliphatic carbocycles. The molecule has 0 aromatic heterocycles. The van der Waals surface area contributed by atoms with Gasteiger partial charge in [0, 0.05) is 5.56 Å². The van der Waals surface area contributed by atoms with Crippen molar-refractivity contribution in [3.8, 4) is 11.8 Å². The molecule has 0 heterocycles. The van der Waals surface area contributed by atoms with E-state index in [1.807, 2.05) is 36.4 Å². The summed E-state index contributed by atoms with van der Waals surface area (Å²) in [5.41, 5.74) is 2.28. The van der Waals surface area contributed by atoms with Crippen LogP contribution >= 0.6 is 0 Å². The predicted octanol–water partition coefficient (Wildman–Crippen LogP) is 4.68. The fourth-order valence-corrected chi connectivity index (χ4v) is 2.79. The lowest BCUT2D eigenvalue weighted by atomic mass is 9.98. The maximum atomic E-state index is 12.7. The van der Waals surface area contributed by atoms with Gasteiger partial charge in [-0.2, -0.15) is 14.0 Å². The minimum Gasteiger partial charge on any atom is -0.435 e.